The summed E-state index contributed by atoms with van der Waals surface area (Å²) < 4.78 is 0. The molecule has 0 spiro atoms. The molecule has 0 aliphatic heterocycles. The van der Waals surface area contributed by atoms with Crippen LogP contribution >= 0.6 is 0 Å². The van der Waals surface area contributed by atoms with Gasteiger partial charge in [0, 0.05) is 0 Å². The van der Waals surface area contributed by atoms with Crippen LogP contribution in [0.5, 0.6) is 0 Å². The van der Waals surface area contributed by atoms with Crippen LogP contribution in [0.4, 0.5) is 0 Å². The molecule has 4 aliphatic carbocycles. The van der Waals surface area contributed by atoms with E-state index in [-0.39, 0.29) is 0 Å². The van der Waals surface area contributed by atoms with Crippen LogP contribution in [-0.2, 0) is 0 Å². The molecule has 0 N–H and O–H groups in total. The lowest BCUT2D eigenvalue weighted by Crippen LogP contribution is -2.37. The number of hydrogen-bond donors (Lipinski definition) is 0. The molecule has 0 aromatic heterocycles. The summed E-state index contributed by atoms with van der Waals surface area (Å²) in [7, 11) is 0. The summed E-state index contributed by atoms with van der Waals surface area (Å²) in [6.45, 7) is 5.28. The first-order valence-electron chi connectivity index (χ1n) is 10.2. The van der Waals surface area contributed by atoms with Gasteiger partial charge >= 0.3 is 0 Å². The highest BCUT2D eigenvalue weighted by atomic mass is 14.6. The van der Waals surface area contributed by atoms with E-state index in [4.69, 9.17) is 0 Å². The van der Waals surface area contributed by atoms with E-state index in [1.54, 1.807) is 51.4 Å². The number of rotatable bonds is 1. The standard InChI is InChI=1S/C21H36/c1-15-17-8-4-5-9-19(17)20-14-16(10-11-18(15)20)21(2)12-6-3-7-13-21/h15-20H,3-14H2,1-2H3. The van der Waals surface area contributed by atoms with Crippen LogP contribution < -0.4 is 0 Å². The number of hydrogen-bond acceptors (Lipinski definition) is 0. The fraction of sp³-hybridized carbons (Fsp3) is 1.00. The molecular weight excluding hydrogens is 252 g/mol. The molecule has 6 unspecified atom stereocenters. The molecule has 21 heavy (non-hydrogen) atoms. The van der Waals surface area contributed by atoms with Crippen LogP contribution in [0.25, 0.3) is 0 Å². The summed E-state index contributed by atoms with van der Waals surface area (Å²) in [5, 5.41) is 0. The highest BCUT2D eigenvalue weighted by molar-refractivity contribution is 5.01. The maximum Gasteiger partial charge on any atom is -0.0297 e. The minimum atomic E-state index is 0.721. The zero-order valence-corrected chi connectivity index (χ0v) is 14.4. The van der Waals surface area contributed by atoms with Gasteiger partial charge in [-0.25, -0.2) is 0 Å². The monoisotopic (exact) mass is 288 g/mol. The molecule has 4 aliphatic rings. The normalized spacial score (nSPS) is 49.4. The summed E-state index contributed by atoms with van der Waals surface area (Å²) in [6.07, 6.45) is 18.6. The molecule has 4 saturated carbocycles. The Bertz CT molecular complexity index is 364. The lowest BCUT2D eigenvalue weighted by Gasteiger charge is -2.47. The van der Waals surface area contributed by atoms with Gasteiger partial charge in [0.05, 0.1) is 0 Å². The molecule has 0 heteroatoms. The molecule has 0 heterocycles. The molecule has 0 aromatic carbocycles. The molecule has 4 fully saturated rings. The lowest BCUT2D eigenvalue weighted by atomic mass is 9.58. The summed E-state index contributed by atoms with van der Waals surface area (Å²) >= 11 is 0. The highest BCUT2D eigenvalue weighted by Crippen LogP contribution is 2.61. The second-order valence-corrected chi connectivity index (χ2v) is 9.52. The second kappa shape index (κ2) is 5.57. The summed E-state index contributed by atoms with van der Waals surface area (Å²) in [6, 6.07) is 0. The third-order valence-electron chi connectivity index (χ3n) is 8.71. The van der Waals surface area contributed by atoms with Gasteiger partial charge in [0.25, 0.3) is 0 Å². The van der Waals surface area contributed by atoms with Crippen LogP contribution in [0, 0.1) is 40.9 Å². The minimum absolute atomic E-state index is 0.721. The van der Waals surface area contributed by atoms with Gasteiger partial charge in [0.2, 0.25) is 0 Å². The minimum Gasteiger partial charge on any atom is -0.0620 e. The molecule has 120 valence electrons. The van der Waals surface area contributed by atoms with E-state index in [0.717, 1.165) is 40.9 Å². The Balaban J connectivity index is 1.51. The number of fused-ring (bicyclic) bond motifs is 3. The van der Waals surface area contributed by atoms with Gasteiger partial charge in [0.15, 0.2) is 0 Å². The quantitative estimate of drug-likeness (QED) is 0.520. The molecule has 4 rings (SSSR count). The fourth-order valence-electron chi connectivity index (χ4n) is 7.46. The topological polar surface area (TPSA) is 0 Å². The van der Waals surface area contributed by atoms with Crippen molar-refractivity contribution in [2.45, 2.75) is 90.9 Å². The van der Waals surface area contributed by atoms with E-state index >= 15 is 0 Å². The maximum absolute atomic E-state index is 2.66. The van der Waals surface area contributed by atoms with Crippen LogP contribution in [0.2, 0.25) is 0 Å². The third kappa shape index (κ3) is 2.40. The Morgan fingerprint density at radius 3 is 2.10 bits per heavy atom. The zero-order valence-electron chi connectivity index (χ0n) is 14.4. The molecule has 0 nitrogen and oxygen atoms in total. The van der Waals surface area contributed by atoms with Gasteiger partial charge in [0.1, 0.15) is 0 Å². The fourth-order valence-corrected chi connectivity index (χ4v) is 7.46. The van der Waals surface area contributed by atoms with Crippen molar-refractivity contribution in [1.29, 1.82) is 0 Å². The first-order chi connectivity index (χ1) is 10.2. The van der Waals surface area contributed by atoms with Gasteiger partial charge in [-0.3, -0.25) is 0 Å². The van der Waals surface area contributed by atoms with Crippen LogP contribution in [0.1, 0.15) is 90.9 Å². The van der Waals surface area contributed by atoms with Crippen molar-refractivity contribution in [3.63, 3.8) is 0 Å². The Kier molecular flexibility index (Phi) is 3.87. The predicted octanol–water partition coefficient (Wildman–Crippen LogP) is 6.45. The van der Waals surface area contributed by atoms with Crippen molar-refractivity contribution < 1.29 is 0 Å². The summed E-state index contributed by atoms with van der Waals surface area (Å²) in [4.78, 5) is 0. The Hall–Kier alpha value is 0. The van der Waals surface area contributed by atoms with Crippen molar-refractivity contribution in [2.75, 3.05) is 0 Å². The third-order valence-corrected chi connectivity index (χ3v) is 8.71. The SMILES string of the molecule is CC1C2CCCCC2C2CC(C3(C)CCCCC3)CCC12. The van der Waals surface area contributed by atoms with Crippen molar-refractivity contribution in [3.05, 3.63) is 0 Å². The maximum atomic E-state index is 2.66. The predicted molar refractivity (Wildman–Crippen MR) is 90.1 cm³/mol. The van der Waals surface area contributed by atoms with Gasteiger partial charge in [-0.15, -0.1) is 0 Å². The highest BCUT2D eigenvalue weighted by Gasteiger charge is 2.52. The van der Waals surface area contributed by atoms with Crippen molar-refractivity contribution in [1.82, 2.24) is 0 Å². The van der Waals surface area contributed by atoms with Crippen LogP contribution in [0.15, 0.2) is 0 Å². The molecular formula is C21H36. The zero-order chi connectivity index (χ0) is 14.4. The molecule has 0 saturated heterocycles. The Morgan fingerprint density at radius 1 is 0.667 bits per heavy atom. The smallest absolute Gasteiger partial charge is 0.0297 e. The van der Waals surface area contributed by atoms with E-state index in [1.807, 2.05) is 0 Å². The molecule has 0 bridgehead atoms. The van der Waals surface area contributed by atoms with Crippen LogP contribution in [0.3, 0.4) is 0 Å². The van der Waals surface area contributed by atoms with E-state index in [2.05, 4.69) is 13.8 Å². The van der Waals surface area contributed by atoms with Crippen molar-refractivity contribution >= 4 is 0 Å². The van der Waals surface area contributed by atoms with Gasteiger partial charge < -0.3 is 0 Å². The molecule has 0 aromatic rings. The Morgan fingerprint density at radius 2 is 1.33 bits per heavy atom. The average molecular weight is 289 g/mol. The average Bonchev–Trinajstić information content (AvgIpc) is 2.81. The van der Waals surface area contributed by atoms with Crippen molar-refractivity contribution in [2.24, 2.45) is 40.9 Å². The van der Waals surface area contributed by atoms with Crippen molar-refractivity contribution in [3.8, 4) is 0 Å². The lowest BCUT2D eigenvalue weighted by molar-refractivity contribution is 0.0350. The van der Waals surface area contributed by atoms with E-state index in [1.165, 1.54) is 25.7 Å². The van der Waals surface area contributed by atoms with Crippen LogP contribution in [-0.4, -0.2) is 0 Å². The van der Waals surface area contributed by atoms with Gasteiger partial charge in [-0.05, 0) is 85.9 Å². The summed E-state index contributed by atoms with van der Waals surface area (Å²) in [5.74, 6) is 6.62. The largest absolute Gasteiger partial charge is 0.0620 e. The second-order valence-electron chi connectivity index (χ2n) is 9.52. The summed E-state index contributed by atoms with van der Waals surface area (Å²) in [5.41, 5.74) is 0.721. The van der Waals surface area contributed by atoms with E-state index in [9.17, 15) is 0 Å². The van der Waals surface area contributed by atoms with E-state index in [0.29, 0.717) is 0 Å². The van der Waals surface area contributed by atoms with Gasteiger partial charge in [-0.2, -0.15) is 0 Å². The van der Waals surface area contributed by atoms with Gasteiger partial charge in [-0.1, -0.05) is 46.0 Å². The molecule has 0 amide bonds. The first kappa shape index (κ1) is 14.6. The first-order valence-corrected chi connectivity index (χ1v) is 10.2. The molecule has 0 radical (unpaired) electrons. The molecule has 6 atom stereocenters. The Labute approximate surface area is 132 Å². The van der Waals surface area contributed by atoms with E-state index < -0.39 is 0 Å².